The predicted molar refractivity (Wildman–Crippen MR) is 51.1 cm³/mol. The fourth-order valence-electron chi connectivity index (χ4n) is 0.911. The molecule has 62 valence electrons. The van der Waals surface area contributed by atoms with Crippen LogP contribution < -0.4 is 5.32 Å². The maximum atomic E-state index is 10.0. The van der Waals surface area contributed by atoms with E-state index >= 15 is 0 Å². The largest absolute Gasteiger partial charge is 0.388 e. The lowest BCUT2D eigenvalue weighted by Crippen LogP contribution is -1.86. The summed E-state index contributed by atoms with van der Waals surface area (Å²) in [5.74, 6) is 0. The molecule has 0 amide bonds. The lowest BCUT2D eigenvalue weighted by atomic mass is 10.2. The highest BCUT2D eigenvalue weighted by atomic mass is 16.1. The first kappa shape index (κ1) is 8.53. The molecule has 0 spiro atoms. The highest BCUT2D eigenvalue weighted by molar-refractivity contribution is 5.74. The zero-order valence-electron chi connectivity index (χ0n) is 6.95. The van der Waals surface area contributed by atoms with Crippen LogP contribution in [0.3, 0.4) is 0 Å². The Morgan fingerprint density at radius 1 is 1.25 bits per heavy atom. The molecule has 1 aromatic rings. The van der Waals surface area contributed by atoms with Crippen molar-refractivity contribution in [2.45, 2.75) is 0 Å². The molecule has 0 heterocycles. The van der Waals surface area contributed by atoms with Gasteiger partial charge in [0, 0.05) is 12.7 Å². The van der Waals surface area contributed by atoms with Gasteiger partial charge in [-0.05, 0) is 23.8 Å². The molecule has 2 heteroatoms. The normalized spacial score (nSPS) is 10.1. The minimum atomic E-state index is 0.770. The van der Waals surface area contributed by atoms with Crippen molar-refractivity contribution in [3.05, 3.63) is 35.9 Å². The van der Waals surface area contributed by atoms with Gasteiger partial charge < -0.3 is 5.32 Å². The third kappa shape index (κ3) is 2.23. The van der Waals surface area contributed by atoms with Gasteiger partial charge in [-0.25, -0.2) is 0 Å². The maximum absolute atomic E-state index is 10.0. The SMILES string of the molecule is CNc1ccc(/C=C/C=O)cc1. The molecular formula is C10H11NO. The highest BCUT2D eigenvalue weighted by Gasteiger charge is 1.86. The van der Waals surface area contributed by atoms with E-state index in [0.29, 0.717) is 0 Å². The summed E-state index contributed by atoms with van der Waals surface area (Å²) in [6.45, 7) is 0. The predicted octanol–water partition coefficient (Wildman–Crippen LogP) is 1.94. The third-order valence-corrected chi connectivity index (χ3v) is 1.57. The van der Waals surface area contributed by atoms with Gasteiger partial charge in [-0.15, -0.1) is 0 Å². The van der Waals surface area contributed by atoms with E-state index in [1.165, 1.54) is 6.08 Å². The Morgan fingerprint density at radius 3 is 2.42 bits per heavy atom. The summed E-state index contributed by atoms with van der Waals surface area (Å²) in [5.41, 5.74) is 2.10. The summed E-state index contributed by atoms with van der Waals surface area (Å²) in [5, 5.41) is 3.02. The van der Waals surface area contributed by atoms with E-state index in [0.717, 1.165) is 17.5 Å². The monoisotopic (exact) mass is 161 g/mol. The Balaban J connectivity index is 2.77. The number of carbonyl (C=O) groups is 1. The molecular weight excluding hydrogens is 150 g/mol. The minimum absolute atomic E-state index is 0.770. The Hall–Kier alpha value is -1.57. The molecule has 0 saturated heterocycles. The van der Waals surface area contributed by atoms with E-state index in [1.54, 1.807) is 6.08 Å². The molecule has 1 N–H and O–H groups in total. The second-order valence-corrected chi connectivity index (χ2v) is 2.37. The zero-order valence-corrected chi connectivity index (χ0v) is 6.95. The first-order chi connectivity index (χ1) is 5.86. The molecule has 0 bridgehead atoms. The number of benzene rings is 1. The summed E-state index contributed by atoms with van der Waals surface area (Å²) in [6, 6.07) is 7.83. The van der Waals surface area contributed by atoms with Crippen LogP contribution in [0.5, 0.6) is 0 Å². The Bertz CT molecular complexity index is 274. The number of rotatable bonds is 3. The van der Waals surface area contributed by atoms with Gasteiger partial charge in [0.15, 0.2) is 0 Å². The molecule has 0 aliphatic carbocycles. The van der Waals surface area contributed by atoms with Crippen molar-refractivity contribution >= 4 is 18.0 Å². The van der Waals surface area contributed by atoms with Crippen molar-refractivity contribution in [1.82, 2.24) is 0 Å². The number of carbonyl (C=O) groups excluding carboxylic acids is 1. The number of allylic oxidation sites excluding steroid dienone is 1. The molecule has 1 rings (SSSR count). The van der Waals surface area contributed by atoms with Gasteiger partial charge in [-0.3, -0.25) is 4.79 Å². The Labute approximate surface area is 71.9 Å². The summed E-state index contributed by atoms with van der Waals surface area (Å²) in [4.78, 5) is 10.0. The van der Waals surface area contributed by atoms with Crippen LogP contribution in [0.4, 0.5) is 5.69 Å². The van der Waals surface area contributed by atoms with E-state index in [9.17, 15) is 4.79 Å². The van der Waals surface area contributed by atoms with E-state index in [2.05, 4.69) is 5.32 Å². The van der Waals surface area contributed by atoms with Crippen LogP contribution in [0.2, 0.25) is 0 Å². The van der Waals surface area contributed by atoms with Crippen LogP contribution in [-0.4, -0.2) is 13.3 Å². The van der Waals surface area contributed by atoms with Crippen LogP contribution in [0.15, 0.2) is 30.3 Å². The molecule has 0 atom stereocenters. The first-order valence-corrected chi connectivity index (χ1v) is 3.76. The van der Waals surface area contributed by atoms with Crippen molar-refractivity contribution in [1.29, 1.82) is 0 Å². The molecule has 0 aliphatic rings. The van der Waals surface area contributed by atoms with Gasteiger partial charge >= 0.3 is 0 Å². The van der Waals surface area contributed by atoms with Crippen LogP contribution in [-0.2, 0) is 4.79 Å². The van der Waals surface area contributed by atoms with E-state index in [1.807, 2.05) is 31.3 Å². The fraction of sp³-hybridized carbons (Fsp3) is 0.100. The molecule has 0 fully saturated rings. The average molecular weight is 161 g/mol. The van der Waals surface area contributed by atoms with Crippen molar-refractivity contribution in [3.63, 3.8) is 0 Å². The summed E-state index contributed by atoms with van der Waals surface area (Å²) in [6.07, 6.45) is 4.02. The Kier molecular flexibility index (Phi) is 3.08. The van der Waals surface area contributed by atoms with Gasteiger partial charge in [0.05, 0.1) is 0 Å². The summed E-state index contributed by atoms with van der Waals surface area (Å²) >= 11 is 0. The lowest BCUT2D eigenvalue weighted by molar-refractivity contribution is -0.104. The van der Waals surface area contributed by atoms with Gasteiger partial charge in [0.1, 0.15) is 6.29 Å². The molecule has 0 aliphatic heterocycles. The number of anilines is 1. The van der Waals surface area contributed by atoms with Crippen molar-refractivity contribution in [2.24, 2.45) is 0 Å². The number of nitrogens with one attached hydrogen (secondary N) is 1. The first-order valence-electron chi connectivity index (χ1n) is 3.76. The molecule has 12 heavy (non-hydrogen) atoms. The van der Waals surface area contributed by atoms with Crippen molar-refractivity contribution in [3.8, 4) is 0 Å². The number of hydrogen-bond acceptors (Lipinski definition) is 2. The standard InChI is InChI=1S/C10H11NO/c1-11-10-6-4-9(5-7-10)3-2-8-12/h2-8,11H,1H3/b3-2+. The van der Waals surface area contributed by atoms with Crippen LogP contribution in [0.25, 0.3) is 6.08 Å². The molecule has 0 unspecified atom stereocenters. The second kappa shape index (κ2) is 4.34. The maximum Gasteiger partial charge on any atom is 0.142 e. The van der Waals surface area contributed by atoms with Crippen LogP contribution >= 0.6 is 0 Å². The Morgan fingerprint density at radius 2 is 1.92 bits per heavy atom. The molecule has 0 saturated carbocycles. The van der Waals surface area contributed by atoms with E-state index in [4.69, 9.17) is 0 Å². The minimum Gasteiger partial charge on any atom is -0.388 e. The van der Waals surface area contributed by atoms with Crippen molar-refractivity contribution < 1.29 is 4.79 Å². The molecule has 1 aromatic carbocycles. The topological polar surface area (TPSA) is 29.1 Å². The van der Waals surface area contributed by atoms with Gasteiger partial charge in [0.2, 0.25) is 0 Å². The van der Waals surface area contributed by atoms with Crippen molar-refractivity contribution in [2.75, 3.05) is 12.4 Å². The fourth-order valence-corrected chi connectivity index (χ4v) is 0.911. The van der Waals surface area contributed by atoms with Crippen LogP contribution in [0.1, 0.15) is 5.56 Å². The summed E-state index contributed by atoms with van der Waals surface area (Å²) in [7, 11) is 1.87. The highest BCUT2D eigenvalue weighted by Crippen LogP contribution is 2.09. The molecule has 0 aromatic heterocycles. The van der Waals surface area contributed by atoms with Crippen LogP contribution in [0, 0.1) is 0 Å². The quantitative estimate of drug-likeness (QED) is 0.542. The average Bonchev–Trinajstić information content (AvgIpc) is 2.15. The smallest absolute Gasteiger partial charge is 0.142 e. The third-order valence-electron chi connectivity index (χ3n) is 1.57. The molecule has 2 nitrogen and oxygen atoms in total. The number of hydrogen-bond donors (Lipinski definition) is 1. The zero-order chi connectivity index (χ0) is 8.81. The lowest BCUT2D eigenvalue weighted by Gasteiger charge is -1.98. The second-order valence-electron chi connectivity index (χ2n) is 2.37. The molecule has 0 radical (unpaired) electrons. The van der Waals surface area contributed by atoms with Gasteiger partial charge in [-0.2, -0.15) is 0 Å². The number of aldehydes is 1. The van der Waals surface area contributed by atoms with Gasteiger partial charge in [0.25, 0.3) is 0 Å². The summed E-state index contributed by atoms with van der Waals surface area (Å²) < 4.78 is 0. The van der Waals surface area contributed by atoms with E-state index < -0.39 is 0 Å². The van der Waals surface area contributed by atoms with Gasteiger partial charge in [-0.1, -0.05) is 18.2 Å². The van der Waals surface area contributed by atoms with E-state index in [-0.39, 0.29) is 0 Å².